The summed E-state index contributed by atoms with van der Waals surface area (Å²) in [6.07, 6.45) is 10.7. The van der Waals surface area contributed by atoms with Crippen LogP contribution in [0.5, 0.6) is 0 Å². The minimum Gasteiger partial charge on any atom is -0.370 e. The molecule has 3 heteroatoms. The Balaban J connectivity index is 1.88. The van der Waals surface area contributed by atoms with E-state index < -0.39 is 0 Å². The van der Waals surface area contributed by atoms with Gasteiger partial charge in [-0.3, -0.25) is 4.99 Å². The molecule has 2 aliphatic carbocycles. The second kappa shape index (κ2) is 4.18. The van der Waals surface area contributed by atoms with E-state index >= 15 is 0 Å². The van der Waals surface area contributed by atoms with E-state index in [9.17, 15) is 0 Å². The molecule has 0 saturated heterocycles. The molecule has 1 spiro atoms. The van der Waals surface area contributed by atoms with Gasteiger partial charge < -0.3 is 10.6 Å². The first kappa shape index (κ1) is 11.4. The highest BCUT2D eigenvalue weighted by Gasteiger charge is 2.52. The van der Waals surface area contributed by atoms with Crippen LogP contribution in [0.25, 0.3) is 0 Å². The number of rotatable bonds is 2. The summed E-state index contributed by atoms with van der Waals surface area (Å²) in [6, 6.07) is 0.688. The molecule has 0 aromatic carbocycles. The van der Waals surface area contributed by atoms with Crippen LogP contribution in [-0.2, 0) is 0 Å². The standard InChI is InChI=1S/C14H25N3/c1-2-11-6-5-9-14(11)10-16-13(15)17(14)12-7-3-4-8-12/h11-12H,2-10H2,1H3,(H2,15,16). The normalized spacial score (nSPS) is 38.3. The summed E-state index contributed by atoms with van der Waals surface area (Å²) in [7, 11) is 0. The molecule has 3 aliphatic rings. The van der Waals surface area contributed by atoms with E-state index in [1.54, 1.807) is 0 Å². The second-order valence-corrected chi connectivity index (χ2v) is 6.08. The van der Waals surface area contributed by atoms with Gasteiger partial charge >= 0.3 is 0 Å². The monoisotopic (exact) mass is 235 g/mol. The van der Waals surface area contributed by atoms with Gasteiger partial charge in [-0.1, -0.05) is 32.6 Å². The van der Waals surface area contributed by atoms with E-state index in [1.807, 2.05) is 0 Å². The zero-order valence-corrected chi connectivity index (χ0v) is 11.0. The minimum atomic E-state index is 0.313. The van der Waals surface area contributed by atoms with Crippen LogP contribution in [0.2, 0.25) is 0 Å². The number of guanidine groups is 1. The highest BCUT2D eigenvalue weighted by atomic mass is 15.4. The maximum Gasteiger partial charge on any atom is 0.192 e. The first-order valence-corrected chi connectivity index (χ1v) is 7.37. The Morgan fingerprint density at radius 2 is 2.06 bits per heavy atom. The molecule has 0 radical (unpaired) electrons. The lowest BCUT2D eigenvalue weighted by Gasteiger charge is -2.44. The third-order valence-corrected chi connectivity index (χ3v) is 5.35. The fourth-order valence-electron chi connectivity index (χ4n) is 4.55. The number of hydrogen-bond donors (Lipinski definition) is 1. The molecule has 2 unspecified atom stereocenters. The van der Waals surface area contributed by atoms with Crippen molar-refractivity contribution in [2.24, 2.45) is 16.6 Å². The molecule has 96 valence electrons. The van der Waals surface area contributed by atoms with Crippen molar-refractivity contribution >= 4 is 5.96 Å². The van der Waals surface area contributed by atoms with Gasteiger partial charge in [-0.05, 0) is 31.6 Å². The van der Waals surface area contributed by atoms with Crippen molar-refractivity contribution in [1.29, 1.82) is 0 Å². The molecule has 0 aromatic heterocycles. The molecule has 0 amide bonds. The number of nitrogens with two attached hydrogens (primary N) is 1. The molecule has 2 N–H and O–H groups in total. The van der Waals surface area contributed by atoms with Crippen LogP contribution in [0.3, 0.4) is 0 Å². The van der Waals surface area contributed by atoms with Gasteiger partial charge in [0, 0.05) is 6.04 Å². The SMILES string of the molecule is CCC1CCCC12CN=C(N)N2C1CCCC1. The third kappa shape index (κ3) is 1.58. The highest BCUT2D eigenvalue weighted by molar-refractivity contribution is 5.81. The van der Waals surface area contributed by atoms with Gasteiger partial charge in [0.1, 0.15) is 0 Å². The van der Waals surface area contributed by atoms with Gasteiger partial charge in [-0.25, -0.2) is 0 Å². The van der Waals surface area contributed by atoms with Crippen molar-refractivity contribution in [2.75, 3.05) is 6.54 Å². The molecule has 3 rings (SSSR count). The van der Waals surface area contributed by atoms with Crippen LogP contribution < -0.4 is 5.73 Å². The fourth-order valence-corrected chi connectivity index (χ4v) is 4.55. The Morgan fingerprint density at radius 1 is 1.29 bits per heavy atom. The molecule has 1 heterocycles. The summed E-state index contributed by atoms with van der Waals surface area (Å²) in [5.74, 6) is 1.66. The Labute approximate surface area is 104 Å². The molecule has 0 aromatic rings. The largest absolute Gasteiger partial charge is 0.370 e. The molecule has 2 fully saturated rings. The smallest absolute Gasteiger partial charge is 0.192 e. The van der Waals surface area contributed by atoms with Crippen LogP contribution in [-0.4, -0.2) is 29.0 Å². The molecule has 2 saturated carbocycles. The summed E-state index contributed by atoms with van der Waals surface area (Å²) in [4.78, 5) is 7.17. The average Bonchev–Trinajstić information content (AvgIpc) is 3.01. The van der Waals surface area contributed by atoms with Gasteiger partial charge in [-0.2, -0.15) is 0 Å². The quantitative estimate of drug-likeness (QED) is 0.799. The molecule has 0 bridgehead atoms. The van der Waals surface area contributed by atoms with Crippen molar-refractivity contribution in [1.82, 2.24) is 4.90 Å². The van der Waals surface area contributed by atoms with E-state index in [0.29, 0.717) is 11.6 Å². The second-order valence-electron chi connectivity index (χ2n) is 6.08. The first-order valence-electron chi connectivity index (χ1n) is 7.37. The zero-order valence-electron chi connectivity index (χ0n) is 11.0. The van der Waals surface area contributed by atoms with Crippen molar-refractivity contribution in [3.05, 3.63) is 0 Å². The molecule has 2 atom stereocenters. The predicted octanol–water partition coefficient (Wildman–Crippen LogP) is 2.51. The van der Waals surface area contributed by atoms with Crippen LogP contribution in [0.4, 0.5) is 0 Å². The predicted molar refractivity (Wildman–Crippen MR) is 70.9 cm³/mol. The number of nitrogens with zero attached hydrogens (tertiary/aromatic N) is 2. The number of hydrogen-bond acceptors (Lipinski definition) is 3. The van der Waals surface area contributed by atoms with Crippen LogP contribution in [0.1, 0.15) is 58.3 Å². The minimum absolute atomic E-state index is 0.313. The first-order chi connectivity index (χ1) is 8.28. The van der Waals surface area contributed by atoms with Gasteiger partial charge in [0.05, 0.1) is 12.1 Å². The van der Waals surface area contributed by atoms with E-state index in [-0.39, 0.29) is 0 Å². The fraction of sp³-hybridized carbons (Fsp3) is 0.929. The summed E-state index contributed by atoms with van der Waals surface area (Å²) >= 11 is 0. The Hall–Kier alpha value is -0.730. The Bertz CT molecular complexity index is 319. The zero-order chi connectivity index (χ0) is 11.9. The summed E-state index contributed by atoms with van der Waals surface area (Å²) in [5, 5.41) is 0. The maximum atomic E-state index is 6.21. The van der Waals surface area contributed by atoms with Crippen molar-refractivity contribution in [3.63, 3.8) is 0 Å². The van der Waals surface area contributed by atoms with Crippen LogP contribution >= 0.6 is 0 Å². The number of aliphatic imine (C=N–C) groups is 1. The van der Waals surface area contributed by atoms with Gasteiger partial charge in [0.2, 0.25) is 0 Å². The topological polar surface area (TPSA) is 41.6 Å². The van der Waals surface area contributed by atoms with Crippen molar-refractivity contribution in [2.45, 2.75) is 69.9 Å². The van der Waals surface area contributed by atoms with E-state index in [0.717, 1.165) is 18.4 Å². The maximum absolute atomic E-state index is 6.21. The Kier molecular flexibility index (Phi) is 2.80. The molecule has 3 nitrogen and oxygen atoms in total. The summed E-state index contributed by atoms with van der Waals surface area (Å²) in [5.41, 5.74) is 6.52. The average molecular weight is 235 g/mol. The van der Waals surface area contributed by atoms with Crippen LogP contribution in [0, 0.1) is 5.92 Å². The Morgan fingerprint density at radius 3 is 2.76 bits per heavy atom. The molecular weight excluding hydrogens is 210 g/mol. The lowest BCUT2D eigenvalue weighted by atomic mass is 9.83. The molecular formula is C14H25N3. The van der Waals surface area contributed by atoms with Crippen LogP contribution in [0.15, 0.2) is 4.99 Å². The van der Waals surface area contributed by atoms with E-state index in [1.165, 1.54) is 51.4 Å². The lowest BCUT2D eigenvalue weighted by molar-refractivity contribution is 0.104. The van der Waals surface area contributed by atoms with Gasteiger partial charge in [-0.15, -0.1) is 0 Å². The van der Waals surface area contributed by atoms with E-state index in [4.69, 9.17) is 5.73 Å². The van der Waals surface area contributed by atoms with Crippen molar-refractivity contribution < 1.29 is 0 Å². The highest BCUT2D eigenvalue weighted by Crippen LogP contribution is 2.47. The molecule has 17 heavy (non-hydrogen) atoms. The van der Waals surface area contributed by atoms with Gasteiger partial charge in [0.15, 0.2) is 5.96 Å². The van der Waals surface area contributed by atoms with Gasteiger partial charge in [0.25, 0.3) is 0 Å². The van der Waals surface area contributed by atoms with E-state index in [2.05, 4.69) is 16.8 Å². The summed E-state index contributed by atoms with van der Waals surface area (Å²) in [6.45, 7) is 3.30. The third-order valence-electron chi connectivity index (χ3n) is 5.35. The van der Waals surface area contributed by atoms with Crippen molar-refractivity contribution in [3.8, 4) is 0 Å². The molecule has 1 aliphatic heterocycles. The lowest BCUT2D eigenvalue weighted by Crippen LogP contribution is -2.57. The summed E-state index contributed by atoms with van der Waals surface area (Å²) < 4.78 is 0.